The number of fused-ring (bicyclic) bond motifs is 1. The monoisotopic (exact) mass is 388 g/mol. The zero-order chi connectivity index (χ0) is 18.9. The summed E-state index contributed by atoms with van der Waals surface area (Å²) in [6, 6.07) is 15.9. The first kappa shape index (κ1) is 16.8. The molecule has 2 heterocycles. The molecule has 2 aromatic heterocycles. The number of tetrazole rings is 1. The molecule has 0 bridgehead atoms. The van der Waals surface area contributed by atoms with Crippen molar-refractivity contribution in [3.63, 3.8) is 0 Å². The molecular weight excluding hydrogens is 372 g/mol. The van der Waals surface area contributed by atoms with E-state index in [1.165, 1.54) is 6.08 Å². The number of anilines is 1. The molecule has 138 valence electrons. The number of carbonyl (C=O) groups is 1. The smallest absolute Gasteiger partial charge is 0.248 e. The van der Waals surface area contributed by atoms with E-state index in [1.807, 2.05) is 53.2 Å². The Morgan fingerprint density at radius 3 is 2.75 bits per heavy atom. The fraction of sp³-hybridized carbons (Fsp3) is 0.150. The topological polar surface area (TPSA) is 85.6 Å². The van der Waals surface area contributed by atoms with E-state index >= 15 is 0 Å². The van der Waals surface area contributed by atoms with E-state index in [1.54, 1.807) is 17.4 Å². The Hall–Kier alpha value is -3.39. The summed E-state index contributed by atoms with van der Waals surface area (Å²) in [4.78, 5) is 16.7. The molecule has 0 atom stereocenters. The molecular formula is C20H16N6OS. The largest absolute Gasteiger partial charge is 0.323 e. The number of hydrogen-bond acceptors (Lipinski definition) is 6. The van der Waals surface area contributed by atoms with Gasteiger partial charge in [0.25, 0.3) is 0 Å². The fourth-order valence-corrected chi connectivity index (χ4v) is 3.81. The van der Waals surface area contributed by atoms with Crippen LogP contribution in [0, 0.1) is 0 Å². The second-order valence-corrected chi connectivity index (χ2v) is 7.66. The van der Waals surface area contributed by atoms with Crippen molar-refractivity contribution in [2.75, 3.05) is 5.32 Å². The average molecular weight is 388 g/mol. The summed E-state index contributed by atoms with van der Waals surface area (Å²) in [7, 11) is 0. The molecule has 0 spiro atoms. The molecule has 7 nitrogen and oxygen atoms in total. The maximum absolute atomic E-state index is 12.2. The van der Waals surface area contributed by atoms with Crippen molar-refractivity contribution in [3.8, 4) is 11.4 Å². The third-order valence-corrected chi connectivity index (χ3v) is 5.49. The van der Waals surface area contributed by atoms with Gasteiger partial charge in [-0.3, -0.25) is 4.79 Å². The van der Waals surface area contributed by atoms with Crippen LogP contribution in [0.15, 0.2) is 54.6 Å². The van der Waals surface area contributed by atoms with Crippen LogP contribution in [0.5, 0.6) is 0 Å². The van der Waals surface area contributed by atoms with Gasteiger partial charge in [-0.15, -0.1) is 16.4 Å². The van der Waals surface area contributed by atoms with Crippen LogP contribution >= 0.6 is 11.3 Å². The van der Waals surface area contributed by atoms with E-state index in [-0.39, 0.29) is 5.91 Å². The van der Waals surface area contributed by atoms with Gasteiger partial charge in [-0.1, -0.05) is 12.1 Å². The highest BCUT2D eigenvalue weighted by Crippen LogP contribution is 2.36. The summed E-state index contributed by atoms with van der Waals surface area (Å²) in [5.74, 6) is 0.561. The number of benzene rings is 2. The Morgan fingerprint density at radius 2 is 1.96 bits per heavy atom. The molecule has 1 aliphatic rings. The number of amides is 1. The van der Waals surface area contributed by atoms with Gasteiger partial charge in [-0.25, -0.2) is 9.67 Å². The van der Waals surface area contributed by atoms with Crippen molar-refractivity contribution in [1.29, 1.82) is 0 Å². The first-order valence-electron chi connectivity index (χ1n) is 8.99. The molecule has 0 aliphatic heterocycles. The SMILES string of the molecule is O=C(/C=C/c1nc2ccccc2s1)Nc1ccc(-c2nnnn2C2CC2)cc1. The molecule has 0 saturated heterocycles. The summed E-state index contributed by atoms with van der Waals surface area (Å²) in [6.45, 7) is 0. The molecule has 4 aromatic rings. The summed E-state index contributed by atoms with van der Waals surface area (Å²) in [5, 5.41) is 15.6. The van der Waals surface area contributed by atoms with Crippen LogP contribution in [0.3, 0.4) is 0 Å². The Bertz CT molecular complexity index is 1140. The van der Waals surface area contributed by atoms with Crippen LogP contribution < -0.4 is 5.32 Å². The third-order valence-electron chi connectivity index (χ3n) is 4.48. The van der Waals surface area contributed by atoms with Crippen LogP contribution in [0.4, 0.5) is 5.69 Å². The molecule has 8 heteroatoms. The standard InChI is InChI=1S/C20H16N6OS/c27-18(11-12-19-22-16-3-1-2-4-17(16)28-19)21-14-7-5-13(6-8-14)20-23-24-25-26(20)15-9-10-15/h1-8,11-12,15H,9-10H2,(H,21,27)/b12-11+. The van der Waals surface area contributed by atoms with Crippen molar-refractivity contribution in [2.24, 2.45) is 0 Å². The Balaban J connectivity index is 1.26. The second-order valence-electron chi connectivity index (χ2n) is 6.60. The highest BCUT2D eigenvalue weighted by atomic mass is 32.1. The van der Waals surface area contributed by atoms with E-state index in [0.29, 0.717) is 11.7 Å². The number of rotatable bonds is 5. The maximum atomic E-state index is 12.2. The Kier molecular flexibility index (Phi) is 4.17. The highest BCUT2D eigenvalue weighted by molar-refractivity contribution is 7.19. The molecule has 1 amide bonds. The number of nitrogens with zero attached hydrogens (tertiary/aromatic N) is 5. The first-order chi connectivity index (χ1) is 13.8. The number of nitrogens with one attached hydrogen (secondary N) is 1. The number of para-hydroxylation sites is 1. The minimum Gasteiger partial charge on any atom is -0.323 e. The quantitative estimate of drug-likeness (QED) is 0.524. The lowest BCUT2D eigenvalue weighted by Crippen LogP contribution is -2.07. The van der Waals surface area contributed by atoms with Gasteiger partial charge in [-0.2, -0.15) is 0 Å². The van der Waals surface area contributed by atoms with Gasteiger partial charge in [0.15, 0.2) is 5.82 Å². The highest BCUT2D eigenvalue weighted by Gasteiger charge is 2.28. The number of aromatic nitrogens is 5. The van der Waals surface area contributed by atoms with Gasteiger partial charge in [0.1, 0.15) is 5.01 Å². The van der Waals surface area contributed by atoms with Crippen LogP contribution in [0.2, 0.25) is 0 Å². The molecule has 28 heavy (non-hydrogen) atoms. The van der Waals surface area contributed by atoms with Gasteiger partial charge in [-0.05, 0) is 65.7 Å². The van der Waals surface area contributed by atoms with Gasteiger partial charge in [0.05, 0.1) is 16.3 Å². The number of thiazole rings is 1. The maximum Gasteiger partial charge on any atom is 0.248 e. The van der Waals surface area contributed by atoms with Gasteiger partial charge in [0, 0.05) is 17.3 Å². The van der Waals surface area contributed by atoms with E-state index in [9.17, 15) is 4.79 Å². The van der Waals surface area contributed by atoms with E-state index in [4.69, 9.17) is 0 Å². The Labute approximate surface area is 164 Å². The molecule has 2 aromatic carbocycles. The lowest BCUT2D eigenvalue weighted by Gasteiger charge is -2.05. The summed E-state index contributed by atoms with van der Waals surface area (Å²) >= 11 is 1.56. The predicted molar refractivity (Wildman–Crippen MR) is 109 cm³/mol. The van der Waals surface area contributed by atoms with Crippen molar-refractivity contribution in [1.82, 2.24) is 25.2 Å². The van der Waals surface area contributed by atoms with Crippen molar-refractivity contribution >= 4 is 39.2 Å². The third kappa shape index (κ3) is 3.41. The fourth-order valence-electron chi connectivity index (χ4n) is 2.94. The van der Waals surface area contributed by atoms with Crippen LogP contribution in [-0.2, 0) is 4.79 Å². The van der Waals surface area contributed by atoms with E-state index < -0.39 is 0 Å². The van der Waals surface area contributed by atoms with E-state index in [2.05, 4.69) is 25.8 Å². The van der Waals surface area contributed by atoms with Gasteiger partial charge in [0.2, 0.25) is 5.91 Å². The van der Waals surface area contributed by atoms with Gasteiger partial charge < -0.3 is 5.32 Å². The van der Waals surface area contributed by atoms with Crippen LogP contribution in [-0.4, -0.2) is 31.1 Å². The van der Waals surface area contributed by atoms with Crippen molar-refractivity contribution < 1.29 is 4.79 Å². The predicted octanol–water partition coefficient (Wildman–Crippen LogP) is 3.94. The van der Waals surface area contributed by atoms with Crippen LogP contribution in [0.25, 0.3) is 27.7 Å². The zero-order valence-corrected chi connectivity index (χ0v) is 15.6. The number of hydrogen-bond donors (Lipinski definition) is 1. The molecule has 0 unspecified atom stereocenters. The molecule has 1 N–H and O–H groups in total. The van der Waals surface area contributed by atoms with Crippen LogP contribution in [0.1, 0.15) is 23.9 Å². The summed E-state index contributed by atoms with van der Waals surface area (Å²) in [5.41, 5.74) is 2.59. The normalized spacial score (nSPS) is 14.0. The van der Waals surface area contributed by atoms with Crippen molar-refractivity contribution in [2.45, 2.75) is 18.9 Å². The molecule has 1 saturated carbocycles. The molecule has 0 radical (unpaired) electrons. The zero-order valence-electron chi connectivity index (χ0n) is 14.8. The lowest BCUT2D eigenvalue weighted by atomic mass is 10.2. The number of carbonyl (C=O) groups excluding carboxylic acids is 1. The summed E-state index contributed by atoms with van der Waals surface area (Å²) in [6.07, 6.45) is 5.47. The lowest BCUT2D eigenvalue weighted by molar-refractivity contribution is -0.111. The Morgan fingerprint density at radius 1 is 1.14 bits per heavy atom. The van der Waals surface area contributed by atoms with E-state index in [0.717, 1.165) is 39.5 Å². The average Bonchev–Trinajstić information content (AvgIpc) is 3.28. The molecule has 5 rings (SSSR count). The molecule has 1 aliphatic carbocycles. The van der Waals surface area contributed by atoms with Crippen molar-refractivity contribution in [3.05, 3.63) is 59.6 Å². The van der Waals surface area contributed by atoms with Gasteiger partial charge >= 0.3 is 0 Å². The molecule has 1 fully saturated rings. The second kappa shape index (κ2) is 6.97. The minimum absolute atomic E-state index is 0.199. The summed E-state index contributed by atoms with van der Waals surface area (Å²) < 4.78 is 2.97. The first-order valence-corrected chi connectivity index (χ1v) is 9.81. The minimum atomic E-state index is -0.199.